The number of nitrogens with zero attached hydrogens (tertiary/aromatic N) is 3. The van der Waals surface area contributed by atoms with Gasteiger partial charge in [0.15, 0.2) is 5.82 Å². The lowest BCUT2D eigenvalue weighted by molar-refractivity contribution is -0.119. The Labute approximate surface area is 181 Å². The molecule has 160 valence electrons. The third-order valence-corrected chi connectivity index (χ3v) is 6.70. The molecule has 2 N–H and O–H groups in total. The van der Waals surface area contributed by atoms with Gasteiger partial charge in [-0.3, -0.25) is 9.69 Å². The summed E-state index contributed by atoms with van der Waals surface area (Å²) in [7, 11) is 0. The van der Waals surface area contributed by atoms with Gasteiger partial charge in [-0.15, -0.1) is 0 Å². The average Bonchev–Trinajstić information content (AvgIpc) is 3.02. The minimum Gasteiger partial charge on any atom is -0.391 e. The van der Waals surface area contributed by atoms with Gasteiger partial charge in [-0.25, -0.2) is 0 Å². The highest BCUT2D eigenvalue weighted by Gasteiger charge is 2.70. The molecular weight excluding hydrogens is 392 g/mol. The van der Waals surface area contributed by atoms with Gasteiger partial charge in [-0.05, 0) is 29.5 Å². The first kappa shape index (κ1) is 19.9. The number of carbonyl (C=O) groups excluding carboxylic acids is 1. The molecule has 1 aliphatic carbocycles. The summed E-state index contributed by atoms with van der Waals surface area (Å²) in [4.78, 5) is 18.2. The van der Waals surface area contributed by atoms with Crippen LogP contribution >= 0.6 is 0 Å². The molecule has 3 aromatic rings. The summed E-state index contributed by atoms with van der Waals surface area (Å²) >= 11 is 0. The largest absolute Gasteiger partial charge is 0.391 e. The van der Waals surface area contributed by atoms with Gasteiger partial charge in [0.25, 0.3) is 5.89 Å². The quantitative estimate of drug-likeness (QED) is 0.639. The Morgan fingerprint density at radius 3 is 2.61 bits per heavy atom. The van der Waals surface area contributed by atoms with Gasteiger partial charge >= 0.3 is 0 Å². The fraction of sp³-hybridized carbons (Fsp3) is 0.375. The predicted molar refractivity (Wildman–Crippen MR) is 115 cm³/mol. The molecule has 4 atom stereocenters. The van der Waals surface area contributed by atoms with Gasteiger partial charge < -0.3 is 14.9 Å². The van der Waals surface area contributed by atoms with E-state index >= 15 is 0 Å². The molecule has 2 fully saturated rings. The van der Waals surface area contributed by atoms with Crippen LogP contribution in [-0.2, 0) is 11.3 Å². The number of likely N-dealkylation sites (tertiary alicyclic amines) is 1. The number of aromatic nitrogens is 2. The van der Waals surface area contributed by atoms with E-state index in [0.29, 0.717) is 31.3 Å². The van der Waals surface area contributed by atoms with Crippen LogP contribution in [0.3, 0.4) is 0 Å². The molecule has 1 spiro atoms. The number of amides is 1. The Morgan fingerprint density at radius 1 is 1.19 bits per heavy atom. The normalized spacial score (nSPS) is 27.5. The van der Waals surface area contributed by atoms with Crippen molar-refractivity contribution in [3.8, 4) is 11.5 Å². The van der Waals surface area contributed by atoms with E-state index in [1.165, 1.54) is 12.5 Å². The van der Waals surface area contributed by atoms with E-state index in [2.05, 4.69) is 32.5 Å². The molecule has 1 amide bonds. The predicted octanol–water partition coefficient (Wildman–Crippen LogP) is 2.45. The molecule has 0 radical (unpaired) electrons. The third-order valence-electron chi connectivity index (χ3n) is 6.70. The molecule has 7 nitrogen and oxygen atoms in total. The molecule has 7 heteroatoms. The topological polar surface area (TPSA) is 91.5 Å². The fourth-order valence-electron chi connectivity index (χ4n) is 5.28. The molecule has 31 heavy (non-hydrogen) atoms. The van der Waals surface area contributed by atoms with Crippen molar-refractivity contribution in [3.63, 3.8) is 0 Å². The number of hydrogen-bond acceptors (Lipinski definition) is 6. The van der Waals surface area contributed by atoms with Crippen LogP contribution in [0, 0.1) is 11.3 Å². The number of hydrogen-bond donors (Lipinski definition) is 2. The molecule has 0 unspecified atom stereocenters. The second kappa shape index (κ2) is 7.90. The highest BCUT2D eigenvalue weighted by Crippen LogP contribution is 2.68. The van der Waals surface area contributed by atoms with Gasteiger partial charge in [-0.2, -0.15) is 4.98 Å². The van der Waals surface area contributed by atoms with Crippen molar-refractivity contribution in [3.05, 3.63) is 72.1 Å². The number of benzene rings is 2. The molecular formula is C24H26N4O3. The maximum atomic E-state index is 11.5. The van der Waals surface area contributed by atoms with Crippen LogP contribution < -0.4 is 5.32 Å². The van der Waals surface area contributed by atoms with Crippen LogP contribution in [0.2, 0.25) is 0 Å². The first-order chi connectivity index (χ1) is 15.1. The van der Waals surface area contributed by atoms with Crippen LogP contribution in [0.5, 0.6) is 0 Å². The van der Waals surface area contributed by atoms with E-state index in [1.807, 2.05) is 48.5 Å². The van der Waals surface area contributed by atoms with Gasteiger partial charge in [0.2, 0.25) is 5.91 Å². The highest BCUT2D eigenvalue weighted by molar-refractivity contribution is 5.72. The summed E-state index contributed by atoms with van der Waals surface area (Å²) in [6.07, 6.45) is -0.475. The molecule has 1 saturated heterocycles. The number of β-amino-alcohol motifs (C(OH)–C–C–N with tert-alkyl or cyclic N) is 1. The number of rotatable bonds is 6. The minimum absolute atomic E-state index is 0.0431. The lowest BCUT2D eigenvalue weighted by atomic mass is 9.95. The third kappa shape index (κ3) is 3.64. The van der Waals surface area contributed by atoms with Crippen molar-refractivity contribution in [2.24, 2.45) is 11.3 Å². The SMILES string of the molecule is CC(=O)NC[C@@H]1[C@@H](c2ccccc2)[C@]12CN(Cc1noc(-c3ccccc3)n1)C[C@@H]2O. The van der Waals surface area contributed by atoms with Crippen LogP contribution in [0.15, 0.2) is 65.2 Å². The van der Waals surface area contributed by atoms with Crippen LogP contribution in [0.25, 0.3) is 11.5 Å². The van der Waals surface area contributed by atoms with Crippen molar-refractivity contribution < 1.29 is 14.4 Å². The minimum atomic E-state index is -0.475. The van der Waals surface area contributed by atoms with Gasteiger partial charge in [-0.1, -0.05) is 53.7 Å². The first-order valence-electron chi connectivity index (χ1n) is 10.7. The molecule has 1 aliphatic heterocycles. The average molecular weight is 418 g/mol. The van der Waals surface area contributed by atoms with Crippen molar-refractivity contribution in [2.45, 2.75) is 25.5 Å². The summed E-state index contributed by atoms with van der Waals surface area (Å²) in [6, 6.07) is 20.0. The molecule has 0 bridgehead atoms. The second-order valence-corrected chi connectivity index (χ2v) is 8.61. The van der Waals surface area contributed by atoms with E-state index in [9.17, 15) is 9.90 Å². The van der Waals surface area contributed by atoms with Crippen LogP contribution in [0.4, 0.5) is 0 Å². The maximum absolute atomic E-state index is 11.5. The fourth-order valence-corrected chi connectivity index (χ4v) is 5.28. The van der Waals surface area contributed by atoms with Gasteiger partial charge in [0.05, 0.1) is 12.6 Å². The van der Waals surface area contributed by atoms with Crippen molar-refractivity contribution in [1.29, 1.82) is 0 Å². The van der Waals surface area contributed by atoms with E-state index in [0.717, 1.165) is 12.1 Å². The molecule has 2 aliphatic rings. The second-order valence-electron chi connectivity index (χ2n) is 8.61. The molecule has 1 aromatic heterocycles. The van der Waals surface area contributed by atoms with E-state index in [4.69, 9.17) is 4.52 Å². The summed E-state index contributed by atoms with van der Waals surface area (Å²) in [5, 5.41) is 18.2. The zero-order valence-corrected chi connectivity index (χ0v) is 17.4. The van der Waals surface area contributed by atoms with Gasteiger partial charge in [0.1, 0.15) is 0 Å². The highest BCUT2D eigenvalue weighted by atomic mass is 16.5. The Morgan fingerprint density at radius 2 is 1.90 bits per heavy atom. The molecule has 2 heterocycles. The van der Waals surface area contributed by atoms with E-state index in [1.54, 1.807) is 0 Å². The zero-order chi connectivity index (χ0) is 21.4. The van der Waals surface area contributed by atoms with Crippen molar-refractivity contribution in [2.75, 3.05) is 19.6 Å². The van der Waals surface area contributed by atoms with E-state index < -0.39 is 6.10 Å². The van der Waals surface area contributed by atoms with Crippen molar-refractivity contribution in [1.82, 2.24) is 20.4 Å². The van der Waals surface area contributed by atoms with Crippen molar-refractivity contribution >= 4 is 5.91 Å². The van der Waals surface area contributed by atoms with Gasteiger partial charge in [0, 0.05) is 37.5 Å². The molecule has 5 rings (SSSR count). The maximum Gasteiger partial charge on any atom is 0.257 e. The lowest BCUT2D eigenvalue weighted by Crippen LogP contribution is -2.28. The smallest absolute Gasteiger partial charge is 0.257 e. The number of carbonyl (C=O) groups is 1. The monoisotopic (exact) mass is 418 g/mol. The first-order valence-corrected chi connectivity index (χ1v) is 10.7. The van der Waals surface area contributed by atoms with Crippen LogP contribution in [0.1, 0.15) is 24.2 Å². The molecule has 1 saturated carbocycles. The Balaban J connectivity index is 1.33. The summed E-state index contributed by atoms with van der Waals surface area (Å²) < 4.78 is 5.43. The lowest BCUT2D eigenvalue weighted by Gasteiger charge is -2.15. The van der Waals surface area contributed by atoms with E-state index in [-0.39, 0.29) is 23.2 Å². The number of aliphatic hydroxyl groups is 1. The summed E-state index contributed by atoms with van der Waals surface area (Å²) in [5.74, 6) is 1.48. The summed E-state index contributed by atoms with van der Waals surface area (Å²) in [6.45, 7) is 3.90. The Kier molecular flexibility index (Phi) is 5.08. The Bertz CT molecular complexity index is 1050. The number of aliphatic hydroxyl groups excluding tert-OH is 1. The standard InChI is InChI=1S/C24H26N4O3/c1-16(29)25-12-19-22(17-8-4-2-5-9-17)24(19)15-28(13-20(24)30)14-21-26-23(31-27-21)18-10-6-3-7-11-18/h2-11,19-20,22,30H,12-15H2,1H3,(H,25,29)/t19-,20+,22-,24-/m1/s1. The summed E-state index contributed by atoms with van der Waals surface area (Å²) in [5.41, 5.74) is 1.83. The zero-order valence-electron chi connectivity index (χ0n) is 17.4. The Hall–Kier alpha value is -3.03. The molecule has 2 aromatic carbocycles. The number of nitrogens with one attached hydrogen (secondary N) is 1. The van der Waals surface area contributed by atoms with Crippen LogP contribution in [-0.4, -0.2) is 51.8 Å².